The van der Waals surface area contributed by atoms with Crippen molar-refractivity contribution in [2.24, 2.45) is 0 Å². The van der Waals surface area contributed by atoms with Crippen LogP contribution in [0, 0.1) is 0 Å². The Morgan fingerprint density at radius 1 is 0.973 bits per heavy atom. The van der Waals surface area contributed by atoms with E-state index in [1.54, 1.807) is 55.6 Å². The fraction of sp³-hybridized carbons (Fsp3) is 0.111. The van der Waals surface area contributed by atoms with E-state index in [4.69, 9.17) is 23.2 Å². The smallest absolute Gasteiger partial charge is 0.305 e. The van der Waals surface area contributed by atoms with Crippen LogP contribution < -0.4 is 10.2 Å². The zero-order valence-corrected chi connectivity index (χ0v) is 21.1. The van der Waals surface area contributed by atoms with Crippen LogP contribution >= 0.6 is 23.2 Å². The summed E-state index contributed by atoms with van der Waals surface area (Å²) in [6, 6.07) is 22.9. The van der Waals surface area contributed by atoms with E-state index in [-0.39, 0.29) is 16.6 Å². The van der Waals surface area contributed by atoms with E-state index in [0.717, 1.165) is 0 Å². The highest BCUT2D eigenvalue weighted by molar-refractivity contribution is 6.35. The largest absolute Gasteiger partial charge is 0.481 e. The molecular weight excluding hydrogens is 515 g/mol. The molecule has 3 aromatic carbocycles. The number of anilines is 1. The Bertz CT molecular complexity index is 1440. The average molecular weight is 537 g/mol. The van der Waals surface area contributed by atoms with Crippen molar-refractivity contribution in [3.8, 4) is 5.69 Å². The molecule has 8 nitrogen and oxygen atoms in total. The number of aromatic nitrogens is 2. The van der Waals surface area contributed by atoms with Gasteiger partial charge in [-0.15, -0.1) is 0 Å². The number of carboxylic acids is 1. The molecule has 0 aliphatic rings. The second kappa shape index (κ2) is 11.3. The summed E-state index contributed by atoms with van der Waals surface area (Å²) < 4.78 is 1.48. The molecule has 37 heavy (non-hydrogen) atoms. The summed E-state index contributed by atoms with van der Waals surface area (Å²) in [7, 11) is 1.59. The summed E-state index contributed by atoms with van der Waals surface area (Å²) in [6.07, 6.45) is -0.411. The Morgan fingerprint density at radius 2 is 1.62 bits per heavy atom. The van der Waals surface area contributed by atoms with Crippen molar-refractivity contribution in [2.45, 2.75) is 12.5 Å². The number of carbonyl (C=O) groups is 3. The molecule has 0 fully saturated rings. The number of halogens is 2. The highest BCUT2D eigenvalue weighted by atomic mass is 35.5. The number of para-hydroxylation sites is 1. The summed E-state index contributed by atoms with van der Waals surface area (Å²) in [6.45, 7) is 0. The van der Waals surface area contributed by atoms with E-state index in [0.29, 0.717) is 27.7 Å². The number of amides is 2. The minimum Gasteiger partial charge on any atom is -0.481 e. The standard InChI is InChI=1S/C27H22Cl2N4O4/c1-32(27(37)17-8-4-2-5-9-17)24-15-23(31-33(24)19-10-6-3-7-11-19)26(36)30-22(16-25(34)35)20-13-12-18(28)14-21(20)29/h2-15,22H,16H2,1H3,(H,30,36)(H,34,35)/t22-/m0/s1. The lowest BCUT2D eigenvalue weighted by molar-refractivity contribution is -0.137. The molecule has 4 rings (SSSR count). The minimum atomic E-state index is -1.12. The van der Waals surface area contributed by atoms with E-state index >= 15 is 0 Å². The first kappa shape index (κ1) is 25.9. The number of hydrogen-bond acceptors (Lipinski definition) is 4. The molecule has 2 N–H and O–H groups in total. The third-order valence-corrected chi connectivity index (χ3v) is 6.18. The van der Waals surface area contributed by atoms with Crippen molar-refractivity contribution in [1.82, 2.24) is 15.1 Å². The van der Waals surface area contributed by atoms with Crippen LogP contribution in [0.2, 0.25) is 10.0 Å². The van der Waals surface area contributed by atoms with Gasteiger partial charge in [-0.3, -0.25) is 19.3 Å². The molecule has 188 valence electrons. The van der Waals surface area contributed by atoms with Crippen LogP contribution in [0.4, 0.5) is 5.82 Å². The molecular formula is C27H22Cl2N4O4. The van der Waals surface area contributed by atoms with Gasteiger partial charge in [-0.1, -0.05) is 65.7 Å². The maximum Gasteiger partial charge on any atom is 0.305 e. The molecule has 0 radical (unpaired) electrons. The molecule has 2 amide bonds. The van der Waals surface area contributed by atoms with E-state index in [1.165, 1.54) is 21.7 Å². The van der Waals surface area contributed by atoms with Gasteiger partial charge >= 0.3 is 5.97 Å². The topological polar surface area (TPSA) is 105 Å². The van der Waals surface area contributed by atoms with E-state index in [9.17, 15) is 19.5 Å². The lowest BCUT2D eigenvalue weighted by atomic mass is 10.0. The number of nitrogens with zero attached hydrogens (tertiary/aromatic N) is 3. The Balaban J connectivity index is 1.70. The molecule has 0 unspecified atom stereocenters. The second-order valence-electron chi connectivity index (χ2n) is 8.16. The van der Waals surface area contributed by atoms with Crippen molar-refractivity contribution in [1.29, 1.82) is 0 Å². The van der Waals surface area contributed by atoms with Crippen molar-refractivity contribution in [3.05, 3.63) is 112 Å². The quantitative estimate of drug-likeness (QED) is 0.313. The van der Waals surface area contributed by atoms with Gasteiger partial charge in [0.05, 0.1) is 18.2 Å². The molecule has 1 aromatic heterocycles. The first-order valence-corrected chi connectivity index (χ1v) is 12.0. The third-order valence-electron chi connectivity index (χ3n) is 5.61. The van der Waals surface area contributed by atoms with Gasteiger partial charge in [-0.05, 0) is 42.0 Å². The first-order chi connectivity index (χ1) is 17.7. The third kappa shape index (κ3) is 5.99. The predicted molar refractivity (Wildman–Crippen MR) is 142 cm³/mol. The monoisotopic (exact) mass is 536 g/mol. The number of rotatable bonds is 8. The van der Waals surface area contributed by atoms with Gasteiger partial charge in [0.2, 0.25) is 0 Å². The zero-order chi connectivity index (χ0) is 26.5. The van der Waals surface area contributed by atoms with Gasteiger partial charge in [-0.25, -0.2) is 4.68 Å². The lowest BCUT2D eigenvalue weighted by Gasteiger charge is -2.18. The molecule has 10 heteroatoms. The maximum absolute atomic E-state index is 13.3. The summed E-state index contributed by atoms with van der Waals surface area (Å²) in [4.78, 5) is 39.4. The molecule has 0 bridgehead atoms. The number of hydrogen-bond donors (Lipinski definition) is 2. The molecule has 0 spiro atoms. The molecule has 0 aliphatic carbocycles. The SMILES string of the molecule is CN(C(=O)c1ccccc1)c1cc(C(=O)N[C@@H](CC(=O)O)c2ccc(Cl)cc2Cl)nn1-c1ccccc1. The van der Waals surface area contributed by atoms with E-state index < -0.39 is 24.3 Å². The molecule has 0 aliphatic heterocycles. The highest BCUT2D eigenvalue weighted by Gasteiger charge is 2.26. The summed E-state index contributed by atoms with van der Waals surface area (Å²) >= 11 is 12.3. The van der Waals surface area contributed by atoms with Crippen LogP contribution in [0.1, 0.15) is 38.9 Å². The summed E-state index contributed by atoms with van der Waals surface area (Å²) in [5.74, 6) is -1.69. The van der Waals surface area contributed by atoms with Crippen LogP contribution in [-0.4, -0.2) is 39.7 Å². The normalized spacial score (nSPS) is 11.5. The maximum atomic E-state index is 13.3. The van der Waals surface area contributed by atoms with Crippen molar-refractivity contribution in [3.63, 3.8) is 0 Å². The molecule has 1 atom stereocenters. The van der Waals surface area contributed by atoms with Gasteiger partial charge in [0.15, 0.2) is 5.69 Å². The van der Waals surface area contributed by atoms with Gasteiger partial charge in [0, 0.05) is 28.7 Å². The second-order valence-corrected chi connectivity index (χ2v) is 9.00. The molecule has 0 saturated carbocycles. The average Bonchev–Trinajstić information content (AvgIpc) is 3.34. The van der Waals surface area contributed by atoms with Gasteiger partial charge in [-0.2, -0.15) is 5.10 Å². The predicted octanol–water partition coefficient (Wildman–Crippen LogP) is 5.40. The van der Waals surface area contributed by atoms with Crippen LogP contribution in [0.3, 0.4) is 0 Å². The first-order valence-electron chi connectivity index (χ1n) is 11.2. The van der Waals surface area contributed by atoms with Crippen molar-refractivity contribution < 1.29 is 19.5 Å². The van der Waals surface area contributed by atoms with Crippen LogP contribution in [0.25, 0.3) is 5.69 Å². The van der Waals surface area contributed by atoms with Crippen LogP contribution in [0.15, 0.2) is 84.9 Å². The molecule has 0 saturated heterocycles. The lowest BCUT2D eigenvalue weighted by Crippen LogP contribution is -2.30. The van der Waals surface area contributed by atoms with Crippen molar-refractivity contribution >= 4 is 46.8 Å². The number of aliphatic carboxylic acids is 1. The van der Waals surface area contributed by atoms with E-state index in [2.05, 4.69) is 10.4 Å². The van der Waals surface area contributed by atoms with Crippen LogP contribution in [-0.2, 0) is 4.79 Å². The fourth-order valence-electron chi connectivity index (χ4n) is 3.79. The number of carboxylic acid groups (broad SMARTS) is 1. The Labute approximate surface area is 223 Å². The Hall–Kier alpha value is -4.14. The Morgan fingerprint density at radius 3 is 2.24 bits per heavy atom. The number of carbonyl (C=O) groups excluding carboxylic acids is 2. The zero-order valence-electron chi connectivity index (χ0n) is 19.6. The number of benzene rings is 3. The Kier molecular flexibility index (Phi) is 7.91. The van der Waals surface area contributed by atoms with Gasteiger partial charge in [0.25, 0.3) is 11.8 Å². The molecule has 4 aromatic rings. The minimum absolute atomic E-state index is 0.00737. The summed E-state index contributed by atoms with van der Waals surface area (Å²) in [5, 5.41) is 17.2. The van der Waals surface area contributed by atoms with Crippen molar-refractivity contribution in [2.75, 3.05) is 11.9 Å². The number of nitrogens with one attached hydrogen (secondary N) is 1. The van der Waals surface area contributed by atoms with Crippen LogP contribution in [0.5, 0.6) is 0 Å². The molecule has 1 heterocycles. The summed E-state index contributed by atoms with van der Waals surface area (Å²) in [5.41, 5.74) is 1.50. The van der Waals surface area contributed by atoms with Gasteiger partial charge < -0.3 is 10.4 Å². The fourth-order valence-corrected chi connectivity index (χ4v) is 4.33. The van der Waals surface area contributed by atoms with E-state index in [1.807, 2.05) is 24.3 Å². The highest BCUT2D eigenvalue weighted by Crippen LogP contribution is 2.29. The van der Waals surface area contributed by atoms with Gasteiger partial charge in [0.1, 0.15) is 5.82 Å².